The number of hydrogen-bond donors (Lipinski definition) is 0. The van der Waals surface area contributed by atoms with E-state index >= 15 is 0 Å². The number of likely N-dealkylation sites (tertiary alicyclic amines) is 1. The van der Waals surface area contributed by atoms with Gasteiger partial charge in [-0.15, -0.1) is 0 Å². The molecule has 0 atom stereocenters. The van der Waals surface area contributed by atoms with Gasteiger partial charge < -0.3 is 4.90 Å². The van der Waals surface area contributed by atoms with Crippen LogP contribution in [0.1, 0.15) is 29.9 Å². The van der Waals surface area contributed by atoms with Crippen molar-refractivity contribution in [2.75, 3.05) is 20.1 Å². The van der Waals surface area contributed by atoms with Crippen LogP contribution < -0.4 is 0 Å². The molecular formula is C14H16N2O. The number of rotatable bonds is 3. The molecule has 3 rings (SSSR count). The molecule has 1 aromatic carbocycles. The minimum Gasteiger partial charge on any atom is -0.305 e. The minimum absolute atomic E-state index is 0.229. The second-order valence-corrected chi connectivity index (χ2v) is 5.28. The number of isocyanates is 1. The first-order valence-corrected chi connectivity index (χ1v) is 6.11. The summed E-state index contributed by atoms with van der Waals surface area (Å²) in [4.78, 5) is 16.8. The van der Waals surface area contributed by atoms with E-state index in [1.807, 2.05) is 0 Å². The van der Waals surface area contributed by atoms with Gasteiger partial charge in [-0.2, -0.15) is 4.99 Å². The first kappa shape index (κ1) is 10.7. The summed E-state index contributed by atoms with van der Waals surface area (Å²) in [5, 5.41) is 0. The fraction of sp³-hybridized carbons (Fsp3) is 0.500. The van der Waals surface area contributed by atoms with Gasteiger partial charge in [-0.1, -0.05) is 24.3 Å². The van der Waals surface area contributed by atoms with Crippen LogP contribution in [-0.4, -0.2) is 31.1 Å². The molecule has 1 aromatic rings. The first-order chi connectivity index (χ1) is 8.23. The summed E-state index contributed by atoms with van der Waals surface area (Å²) < 4.78 is 0. The second-order valence-electron chi connectivity index (χ2n) is 5.28. The van der Waals surface area contributed by atoms with Crippen molar-refractivity contribution in [1.29, 1.82) is 0 Å². The Hall–Kier alpha value is -1.44. The molecule has 1 saturated carbocycles. The molecule has 0 bridgehead atoms. The highest BCUT2D eigenvalue weighted by Crippen LogP contribution is 2.49. The highest BCUT2D eigenvalue weighted by molar-refractivity contribution is 5.43. The van der Waals surface area contributed by atoms with E-state index in [4.69, 9.17) is 0 Å². The van der Waals surface area contributed by atoms with Crippen LogP contribution in [0.4, 0.5) is 0 Å². The van der Waals surface area contributed by atoms with Gasteiger partial charge in [0.1, 0.15) is 0 Å². The topological polar surface area (TPSA) is 32.7 Å². The smallest absolute Gasteiger partial charge is 0.235 e. The molecule has 0 spiro atoms. The Morgan fingerprint density at radius 2 is 2.18 bits per heavy atom. The van der Waals surface area contributed by atoms with Crippen LogP contribution >= 0.6 is 0 Å². The van der Waals surface area contributed by atoms with Gasteiger partial charge in [0.05, 0.1) is 5.54 Å². The molecular weight excluding hydrogens is 212 g/mol. The van der Waals surface area contributed by atoms with Gasteiger partial charge in [0, 0.05) is 19.0 Å². The van der Waals surface area contributed by atoms with Crippen molar-refractivity contribution < 1.29 is 4.79 Å². The third-order valence-electron chi connectivity index (χ3n) is 3.94. The predicted molar refractivity (Wildman–Crippen MR) is 65.7 cm³/mol. The fourth-order valence-electron chi connectivity index (χ4n) is 2.66. The van der Waals surface area contributed by atoms with E-state index in [0.717, 1.165) is 25.9 Å². The van der Waals surface area contributed by atoms with Crippen molar-refractivity contribution in [3.63, 3.8) is 0 Å². The first-order valence-electron chi connectivity index (χ1n) is 6.11. The van der Waals surface area contributed by atoms with Crippen LogP contribution in [0.25, 0.3) is 0 Å². The molecule has 0 aromatic heterocycles. The Balaban J connectivity index is 1.87. The molecule has 1 saturated heterocycles. The Labute approximate surface area is 101 Å². The lowest BCUT2D eigenvalue weighted by Crippen LogP contribution is -2.41. The van der Waals surface area contributed by atoms with E-state index in [1.165, 1.54) is 11.1 Å². The van der Waals surface area contributed by atoms with E-state index in [9.17, 15) is 4.79 Å². The molecule has 17 heavy (non-hydrogen) atoms. The zero-order chi connectivity index (χ0) is 11.9. The SMILES string of the molecule is CN1CC(c2cccc(C3(N=C=O)CC3)c2)C1. The Bertz CT molecular complexity index is 481. The largest absolute Gasteiger partial charge is 0.305 e. The minimum atomic E-state index is -0.229. The van der Waals surface area contributed by atoms with Crippen LogP contribution in [0.15, 0.2) is 29.3 Å². The summed E-state index contributed by atoms with van der Waals surface area (Å²) in [6.07, 6.45) is 3.68. The lowest BCUT2D eigenvalue weighted by atomic mass is 9.89. The second kappa shape index (κ2) is 3.80. The van der Waals surface area contributed by atoms with E-state index in [1.54, 1.807) is 6.08 Å². The van der Waals surface area contributed by atoms with Crippen molar-refractivity contribution in [3.05, 3.63) is 35.4 Å². The summed E-state index contributed by atoms with van der Waals surface area (Å²) >= 11 is 0. The van der Waals surface area contributed by atoms with Gasteiger partial charge >= 0.3 is 0 Å². The van der Waals surface area contributed by atoms with Crippen LogP contribution in [0.5, 0.6) is 0 Å². The predicted octanol–water partition coefficient (Wildman–Crippen LogP) is 2.04. The average Bonchev–Trinajstić information content (AvgIpc) is 3.07. The molecule has 3 heteroatoms. The number of carbonyl (C=O) groups excluding carboxylic acids is 1. The van der Waals surface area contributed by atoms with Crippen molar-refractivity contribution >= 4 is 6.08 Å². The number of benzene rings is 1. The van der Waals surface area contributed by atoms with E-state index in [0.29, 0.717) is 5.92 Å². The maximum atomic E-state index is 10.5. The summed E-state index contributed by atoms with van der Waals surface area (Å²) in [6, 6.07) is 8.58. The van der Waals surface area contributed by atoms with Crippen molar-refractivity contribution in [2.24, 2.45) is 4.99 Å². The maximum absolute atomic E-state index is 10.5. The third-order valence-corrected chi connectivity index (χ3v) is 3.94. The zero-order valence-corrected chi connectivity index (χ0v) is 10.0. The van der Waals surface area contributed by atoms with Crippen molar-refractivity contribution in [2.45, 2.75) is 24.3 Å². The Kier molecular flexibility index (Phi) is 2.39. The molecule has 0 radical (unpaired) electrons. The highest BCUT2D eigenvalue weighted by Gasteiger charge is 2.45. The van der Waals surface area contributed by atoms with Gasteiger partial charge in [0.2, 0.25) is 6.08 Å². The number of nitrogens with zero attached hydrogens (tertiary/aromatic N) is 2. The monoisotopic (exact) mass is 228 g/mol. The van der Waals surface area contributed by atoms with Crippen LogP contribution in [0, 0.1) is 0 Å². The van der Waals surface area contributed by atoms with Gasteiger partial charge in [0.15, 0.2) is 0 Å². The standard InChI is InChI=1S/C14H16N2O/c1-16-8-12(9-16)11-3-2-4-13(7-11)14(5-6-14)15-10-17/h2-4,7,12H,5-6,8-9H2,1H3. The van der Waals surface area contributed by atoms with Crippen LogP contribution in [0.2, 0.25) is 0 Å². The third kappa shape index (κ3) is 1.82. The molecule has 0 amide bonds. The quantitative estimate of drug-likeness (QED) is 0.586. The summed E-state index contributed by atoms with van der Waals surface area (Å²) in [5.74, 6) is 0.649. The van der Waals surface area contributed by atoms with E-state index < -0.39 is 0 Å². The molecule has 2 aliphatic rings. The molecule has 88 valence electrons. The molecule has 1 aliphatic heterocycles. The maximum Gasteiger partial charge on any atom is 0.235 e. The Morgan fingerprint density at radius 1 is 1.41 bits per heavy atom. The van der Waals surface area contributed by atoms with Gasteiger partial charge in [-0.25, -0.2) is 4.79 Å². The average molecular weight is 228 g/mol. The summed E-state index contributed by atoms with van der Waals surface area (Å²) in [6.45, 7) is 2.26. The normalized spacial score (nSPS) is 22.6. The summed E-state index contributed by atoms with van der Waals surface area (Å²) in [5.41, 5.74) is 2.34. The lowest BCUT2D eigenvalue weighted by Gasteiger charge is -2.36. The zero-order valence-electron chi connectivity index (χ0n) is 10.0. The Morgan fingerprint density at radius 3 is 2.76 bits per heavy atom. The van der Waals surface area contributed by atoms with Gasteiger partial charge in [-0.3, -0.25) is 0 Å². The van der Waals surface area contributed by atoms with Crippen LogP contribution in [-0.2, 0) is 10.3 Å². The molecule has 1 aliphatic carbocycles. The van der Waals surface area contributed by atoms with Crippen molar-refractivity contribution in [3.8, 4) is 0 Å². The molecule has 0 N–H and O–H groups in total. The molecule has 0 unspecified atom stereocenters. The fourth-order valence-corrected chi connectivity index (χ4v) is 2.66. The van der Waals surface area contributed by atoms with Gasteiger partial charge in [0.25, 0.3) is 0 Å². The number of likely N-dealkylation sites (N-methyl/N-ethyl adjacent to an activating group) is 1. The van der Waals surface area contributed by atoms with E-state index in [2.05, 4.69) is 41.2 Å². The number of hydrogen-bond acceptors (Lipinski definition) is 3. The number of aliphatic imine (C=N–C) groups is 1. The van der Waals surface area contributed by atoms with E-state index in [-0.39, 0.29) is 5.54 Å². The van der Waals surface area contributed by atoms with Crippen LogP contribution in [0.3, 0.4) is 0 Å². The van der Waals surface area contributed by atoms with Crippen molar-refractivity contribution in [1.82, 2.24) is 4.90 Å². The lowest BCUT2D eigenvalue weighted by molar-refractivity contribution is 0.189. The molecule has 1 heterocycles. The van der Waals surface area contributed by atoms with Gasteiger partial charge in [-0.05, 0) is 31.0 Å². The molecule has 2 fully saturated rings. The summed E-state index contributed by atoms with van der Waals surface area (Å²) in [7, 11) is 2.14. The molecule has 3 nitrogen and oxygen atoms in total. The highest BCUT2D eigenvalue weighted by atomic mass is 16.1.